The van der Waals surface area contributed by atoms with E-state index in [0.29, 0.717) is 30.5 Å². The first-order chi connectivity index (χ1) is 10.3. The Morgan fingerprint density at radius 3 is 2.23 bits per heavy atom. The first-order valence-electron chi connectivity index (χ1n) is 7.30. The van der Waals surface area contributed by atoms with Crippen LogP contribution in [0.2, 0.25) is 0 Å². The Morgan fingerprint density at radius 2 is 1.73 bits per heavy atom. The molecule has 22 heavy (non-hydrogen) atoms. The summed E-state index contributed by atoms with van der Waals surface area (Å²) in [6.45, 7) is 5.23. The molecule has 0 amide bonds. The maximum absolute atomic E-state index is 12.7. The van der Waals surface area contributed by atoms with E-state index in [0.717, 1.165) is 12.5 Å². The Hall–Kier alpha value is -1.66. The Morgan fingerprint density at radius 1 is 1.18 bits per heavy atom. The molecule has 1 aliphatic heterocycles. The zero-order chi connectivity index (χ0) is 16.3. The number of piperidine rings is 1. The van der Waals surface area contributed by atoms with Crippen LogP contribution in [0.1, 0.15) is 25.8 Å². The molecule has 1 N–H and O–H groups in total. The molecule has 2 rings (SSSR count). The molecule has 2 atom stereocenters. The number of carboxylic acid groups (broad SMARTS) is 1. The number of aliphatic carboxylic acids is 1. The number of nitrogens with zero attached hydrogens (tertiary/aromatic N) is 1. The highest BCUT2D eigenvalue weighted by atomic mass is 32.2. The molecule has 0 saturated carbocycles. The molecule has 1 aromatic rings. The number of hydrogen-bond donors (Lipinski definition) is 1. The highest BCUT2D eigenvalue weighted by molar-refractivity contribution is 7.89. The van der Waals surface area contributed by atoms with Crippen LogP contribution in [0.5, 0.6) is 0 Å². The SMILES string of the molecule is CC1CC(C)CN(S(=O)(=O)c2ccc(C=CC(=O)O)cc2)C1. The molecule has 1 aromatic carbocycles. The predicted molar refractivity (Wildman–Crippen MR) is 84.8 cm³/mol. The molecular formula is C16H21NO4S. The van der Waals surface area contributed by atoms with Gasteiger partial charge in [0, 0.05) is 19.2 Å². The minimum Gasteiger partial charge on any atom is -0.478 e. The summed E-state index contributed by atoms with van der Waals surface area (Å²) >= 11 is 0. The van der Waals surface area contributed by atoms with E-state index in [1.807, 2.05) is 0 Å². The van der Waals surface area contributed by atoms with E-state index >= 15 is 0 Å². The van der Waals surface area contributed by atoms with Crippen LogP contribution in [0.4, 0.5) is 0 Å². The Balaban J connectivity index is 2.21. The van der Waals surface area contributed by atoms with Crippen LogP contribution in [0.3, 0.4) is 0 Å². The van der Waals surface area contributed by atoms with Crippen molar-refractivity contribution in [2.24, 2.45) is 11.8 Å². The first-order valence-corrected chi connectivity index (χ1v) is 8.74. The fraction of sp³-hybridized carbons (Fsp3) is 0.438. The minimum absolute atomic E-state index is 0.251. The molecule has 0 spiro atoms. The molecule has 0 radical (unpaired) electrons. The van der Waals surface area contributed by atoms with Gasteiger partial charge in [-0.05, 0) is 42.0 Å². The van der Waals surface area contributed by atoms with Gasteiger partial charge in [0.1, 0.15) is 0 Å². The molecule has 1 fully saturated rings. The number of rotatable bonds is 4. The lowest BCUT2D eigenvalue weighted by Gasteiger charge is -2.34. The van der Waals surface area contributed by atoms with Crippen molar-refractivity contribution in [3.63, 3.8) is 0 Å². The van der Waals surface area contributed by atoms with Gasteiger partial charge in [-0.25, -0.2) is 13.2 Å². The van der Waals surface area contributed by atoms with Crippen molar-refractivity contribution in [1.82, 2.24) is 4.31 Å². The second kappa shape index (κ2) is 6.62. The van der Waals surface area contributed by atoms with Gasteiger partial charge in [-0.3, -0.25) is 0 Å². The number of sulfonamides is 1. The van der Waals surface area contributed by atoms with Gasteiger partial charge in [0.05, 0.1) is 4.90 Å². The summed E-state index contributed by atoms with van der Waals surface area (Å²) in [6.07, 6.45) is 3.51. The van der Waals surface area contributed by atoms with Crippen LogP contribution in [0.15, 0.2) is 35.2 Å². The molecule has 6 heteroatoms. The highest BCUT2D eigenvalue weighted by Gasteiger charge is 2.31. The molecule has 120 valence electrons. The summed E-state index contributed by atoms with van der Waals surface area (Å²) in [6, 6.07) is 6.29. The molecule has 1 saturated heterocycles. The third kappa shape index (κ3) is 3.96. The molecule has 1 aliphatic rings. The molecule has 5 nitrogen and oxygen atoms in total. The first kappa shape index (κ1) is 16.7. The molecule has 0 aromatic heterocycles. The summed E-state index contributed by atoms with van der Waals surface area (Å²) < 4.78 is 26.9. The van der Waals surface area contributed by atoms with Gasteiger partial charge in [-0.2, -0.15) is 4.31 Å². The number of benzene rings is 1. The third-order valence-electron chi connectivity index (χ3n) is 3.77. The molecular weight excluding hydrogens is 302 g/mol. The van der Waals surface area contributed by atoms with Gasteiger partial charge in [-0.15, -0.1) is 0 Å². The van der Waals surface area contributed by atoms with Gasteiger partial charge in [0.25, 0.3) is 0 Å². The van der Waals surface area contributed by atoms with Gasteiger partial charge in [0.15, 0.2) is 0 Å². The number of carboxylic acids is 1. The lowest BCUT2D eigenvalue weighted by atomic mass is 9.94. The lowest BCUT2D eigenvalue weighted by molar-refractivity contribution is -0.131. The summed E-state index contributed by atoms with van der Waals surface area (Å²) in [7, 11) is -3.48. The van der Waals surface area contributed by atoms with E-state index < -0.39 is 16.0 Å². The normalized spacial score (nSPS) is 23.7. The maximum atomic E-state index is 12.7. The van der Waals surface area contributed by atoms with Crippen molar-refractivity contribution in [2.45, 2.75) is 25.2 Å². The zero-order valence-electron chi connectivity index (χ0n) is 12.8. The van der Waals surface area contributed by atoms with Crippen LogP contribution < -0.4 is 0 Å². The monoisotopic (exact) mass is 323 g/mol. The number of carbonyl (C=O) groups is 1. The Labute approximate surface area is 131 Å². The van der Waals surface area contributed by atoms with Crippen LogP contribution in [0, 0.1) is 11.8 Å². The van der Waals surface area contributed by atoms with Crippen LogP contribution >= 0.6 is 0 Å². The smallest absolute Gasteiger partial charge is 0.328 e. The fourth-order valence-electron chi connectivity index (χ4n) is 2.87. The van der Waals surface area contributed by atoms with Crippen molar-refractivity contribution >= 4 is 22.1 Å². The van der Waals surface area contributed by atoms with Crippen molar-refractivity contribution in [3.05, 3.63) is 35.9 Å². The summed E-state index contributed by atoms with van der Waals surface area (Å²) in [4.78, 5) is 10.7. The number of hydrogen-bond acceptors (Lipinski definition) is 3. The van der Waals surface area contributed by atoms with E-state index in [1.54, 1.807) is 16.4 Å². The van der Waals surface area contributed by atoms with Crippen LogP contribution in [-0.4, -0.2) is 36.9 Å². The molecule has 2 unspecified atom stereocenters. The van der Waals surface area contributed by atoms with Crippen LogP contribution in [-0.2, 0) is 14.8 Å². The average Bonchev–Trinajstić information content (AvgIpc) is 2.44. The largest absolute Gasteiger partial charge is 0.478 e. The summed E-state index contributed by atoms with van der Waals surface area (Å²) in [5.74, 6) is -0.319. The van der Waals surface area contributed by atoms with E-state index in [4.69, 9.17) is 5.11 Å². The van der Waals surface area contributed by atoms with Crippen molar-refractivity contribution in [3.8, 4) is 0 Å². The van der Waals surface area contributed by atoms with E-state index in [2.05, 4.69) is 13.8 Å². The standard InChI is InChI=1S/C16H21NO4S/c1-12-9-13(2)11-17(10-12)22(20,21)15-6-3-14(4-7-15)5-8-16(18)19/h3-8,12-13H,9-11H2,1-2H3,(H,18,19). The van der Waals surface area contributed by atoms with Crippen LogP contribution in [0.25, 0.3) is 6.08 Å². The van der Waals surface area contributed by atoms with Gasteiger partial charge >= 0.3 is 5.97 Å². The van der Waals surface area contributed by atoms with Gasteiger partial charge in [0.2, 0.25) is 10.0 Å². The second-order valence-electron chi connectivity index (χ2n) is 6.01. The molecule has 0 bridgehead atoms. The molecule has 1 heterocycles. The zero-order valence-corrected chi connectivity index (χ0v) is 13.6. The average molecular weight is 323 g/mol. The predicted octanol–water partition coefficient (Wildman–Crippen LogP) is 2.45. The topological polar surface area (TPSA) is 74.7 Å². The van der Waals surface area contributed by atoms with Crippen molar-refractivity contribution < 1.29 is 18.3 Å². The fourth-order valence-corrected chi connectivity index (χ4v) is 4.55. The van der Waals surface area contributed by atoms with E-state index in [9.17, 15) is 13.2 Å². The van der Waals surface area contributed by atoms with Crippen molar-refractivity contribution in [1.29, 1.82) is 0 Å². The van der Waals surface area contributed by atoms with E-state index in [1.165, 1.54) is 18.2 Å². The lowest BCUT2D eigenvalue weighted by Crippen LogP contribution is -2.42. The minimum atomic E-state index is -3.48. The molecule has 0 aliphatic carbocycles. The van der Waals surface area contributed by atoms with Gasteiger partial charge < -0.3 is 5.11 Å². The maximum Gasteiger partial charge on any atom is 0.328 e. The summed E-state index contributed by atoms with van der Waals surface area (Å²) in [5.41, 5.74) is 0.654. The third-order valence-corrected chi connectivity index (χ3v) is 5.62. The van der Waals surface area contributed by atoms with Gasteiger partial charge in [-0.1, -0.05) is 26.0 Å². The second-order valence-corrected chi connectivity index (χ2v) is 7.95. The van der Waals surface area contributed by atoms with Crippen molar-refractivity contribution in [2.75, 3.05) is 13.1 Å². The quantitative estimate of drug-likeness (QED) is 0.864. The van der Waals surface area contributed by atoms with E-state index in [-0.39, 0.29) is 4.90 Å². The Bertz CT molecular complexity index is 654. The highest BCUT2D eigenvalue weighted by Crippen LogP contribution is 2.26. The Kier molecular flexibility index (Phi) is 5.03. The summed E-state index contributed by atoms with van der Waals surface area (Å²) in [5, 5.41) is 8.59.